The second-order valence-electron chi connectivity index (χ2n) is 3.57. The minimum absolute atomic E-state index is 0.218. The lowest BCUT2D eigenvalue weighted by atomic mass is 10.1. The van der Waals surface area contributed by atoms with Gasteiger partial charge in [0.15, 0.2) is 0 Å². The van der Waals surface area contributed by atoms with Crippen LogP contribution in [0.25, 0.3) is 6.08 Å². The largest absolute Gasteiger partial charge is 0.496 e. The van der Waals surface area contributed by atoms with Gasteiger partial charge in [0.25, 0.3) is 5.91 Å². The van der Waals surface area contributed by atoms with Gasteiger partial charge < -0.3 is 10.1 Å². The molecule has 5 heteroatoms. The van der Waals surface area contributed by atoms with E-state index in [0.717, 1.165) is 5.56 Å². The molecule has 88 valence electrons. The topological polar surface area (TPSA) is 50.7 Å². The fourth-order valence-corrected chi connectivity index (χ4v) is 1.73. The Morgan fingerprint density at radius 2 is 2.24 bits per heavy atom. The van der Waals surface area contributed by atoms with Gasteiger partial charge in [-0.3, -0.25) is 4.79 Å². The molecule has 4 nitrogen and oxygen atoms in total. The minimum atomic E-state index is -0.218. The molecular formula is C12H11ClN2O2. The number of amidine groups is 1. The zero-order chi connectivity index (χ0) is 12.4. The van der Waals surface area contributed by atoms with Gasteiger partial charge in [-0.25, -0.2) is 4.99 Å². The average molecular weight is 251 g/mol. The molecule has 1 N–H and O–H groups in total. The molecule has 0 saturated heterocycles. The first-order valence-electron chi connectivity index (χ1n) is 5.02. The Hall–Kier alpha value is -1.81. The number of benzene rings is 1. The number of carbonyl (C=O) groups is 1. The average Bonchev–Trinajstić information content (AvgIpc) is 2.58. The molecule has 0 saturated carbocycles. The Bertz CT molecular complexity index is 535. The highest BCUT2D eigenvalue weighted by molar-refractivity contribution is 6.30. The molecule has 0 spiro atoms. The fourth-order valence-electron chi connectivity index (χ4n) is 1.55. The van der Waals surface area contributed by atoms with Gasteiger partial charge in [0.1, 0.15) is 17.3 Å². The molecule has 0 bridgehead atoms. The van der Waals surface area contributed by atoms with Crippen LogP contribution >= 0.6 is 11.6 Å². The monoisotopic (exact) mass is 250 g/mol. The molecule has 0 atom stereocenters. The van der Waals surface area contributed by atoms with Crippen LogP contribution in [0.4, 0.5) is 0 Å². The number of hydrogen-bond donors (Lipinski definition) is 1. The summed E-state index contributed by atoms with van der Waals surface area (Å²) in [5.41, 5.74) is 1.08. The van der Waals surface area contributed by atoms with Crippen molar-refractivity contribution in [2.45, 2.75) is 6.92 Å². The van der Waals surface area contributed by atoms with Crippen LogP contribution in [0.3, 0.4) is 0 Å². The van der Waals surface area contributed by atoms with Crippen LogP contribution in [0.2, 0.25) is 5.02 Å². The molecule has 0 fully saturated rings. The summed E-state index contributed by atoms with van der Waals surface area (Å²) in [5.74, 6) is 1.02. The van der Waals surface area contributed by atoms with Crippen LogP contribution in [0, 0.1) is 0 Å². The van der Waals surface area contributed by atoms with E-state index >= 15 is 0 Å². The lowest BCUT2D eigenvalue weighted by molar-refractivity contribution is -0.115. The number of rotatable bonds is 2. The summed E-state index contributed by atoms with van der Waals surface area (Å²) in [4.78, 5) is 15.6. The lowest BCUT2D eigenvalue weighted by Crippen LogP contribution is -2.21. The Morgan fingerprint density at radius 3 is 2.82 bits per heavy atom. The minimum Gasteiger partial charge on any atom is -0.496 e. The maximum absolute atomic E-state index is 11.5. The van der Waals surface area contributed by atoms with Crippen molar-refractivity contribution >= 4 is 29.4 Å². The van der Waals surface area contributed by atoms with E-state index in [-0.39, 0.29) is 5.91 Å². The smallest absolute Gasteiger partial charge is 0.275 e. The quantitative estimate of drug-likeness (QED) is 0.819. The van der Waals surface area contributed by atoms with Crippen molar-refractivity contribution in [3.63, 3.8) is 0 Å². The highest BCUT2D eigenvalue weighted by Gasteiger charge is 2.17. The Labute approximate surface area is 104 Å². The van der Waals surface area contributed by atoms with Gasteiger partial charge in [-0.15, -0.1) is 0 Å². The molecular weight excluding hydrogens is 240 g/mol. The number of ether oxygens (including phenoxy) is 1. The van der Waals surface area contributed by atoms with Crippen molar-refractivity contribution in [3.05, 3.63) is 34.5 Å². The van der Waals surface area contributed by atoms with Crippen LogP contribution in [-0.2, 0) is 4.79 Å². The molecule has 1 aromatic carbocycles. The van der Waals surface area contributed by atoms with Crippen LogP contribution in [0.5, 0.6) is 5.75 Å². The summed E-state index contributed by atoms with van der Waals surface area (Å²) in [6.07, 6.45) is 1.65. The van der Waals surface area contributed by atoms with E-state index in [9.17, 15) is 4.79 Å². The van der Waals surface area contributed by atoms with Crippen LogP contribution < -0.4 is 10.1 Å². The third kappa shape index (κ3) is 2.47. The highest BCUT2D eigenvalue weighted by atomic mass is 35.5. The number of nitrogens with zero attached hydrogens (tertiary/aromatic N) is 1. The third-order valence-electron chi connectivity index (χ3n) is 2.30. The second-order valence-corrected chi connectivity index (χ2v) is 4.00. The van der Waals surface area contributed by atoms with E-state index in [1.165, 1.54) is 0 Å². The molecule has 2 rings (SSSR count). The number of nitrogens with one attached hydrogen (secondary N) is 1. The Balaban J connectivity index is 2.44. The Kier molecular flexibility index (Phi) is 3.15. The van der Waals surface area contributed by atoms with E-state index in [0.29, 0.717) is 22.3 Å². The predicted molar refractivity (Wildman–Crippen MR) is 67.2 cm³/mol. The number of carbonyl (C=O) groups excluding carboxylic acids is 1. The standard InChI is InChI=1S/C12H11ClN2O2/c1-7-14-10(12(16)15-7)6-8-5-9(13)3-4-11(8)17-2/h3-6H,1-2H3,(H,14,15,16)/b10-6+. The zero-order valence-corrected chi connectivity index (χ0v) is 10.2. The summed E-state index contributed by atoms with van der Waals surface area (Å²) in [6.45, 7) is 1.73. The van der Waals surface area contributed by atoms with Crippen LogP contribution in [0.15, 0.2) is 28.9 Å². The summed E-state index contributed by atoms with van der Waals surface area (Å²) >= 11 is 5.90. The molecule has 0 unspecified atom stereocenters. The molecule has 17 heavy (non-hydrogen) atoms. The Morgan fingerprint density at radius 1 is 1.47 bits per heavy atom. The van der Waals surface area contributed by atoms with Crippen molar-refractivity contribution in [2.75, 3.05) is 7.11 Å². The van der Waals surface area contributed by atoms with Gasteiger partial charge in [0.05, 0.1) is 7.11 Å². The van der Waals surface area contributed by atoms with Crippen LogP contribution in [-0.4, -0.2) is 18.9 Å². The molecule has 0 aliphatic carbocycles. The van der Waals surface area contributed by atoms with Crippen molar-refractivity contribution in [1.29, 1.82) is 0 Å². The first-order chi connectivity index (χ1) is 8.10. The van der Waals surface area contributed by atoms with Crippen molar-refractivity contribution in [2.24, 2.45) is 4.99 Å². The summed E-state index contributed by atoms with van der Waals surface area (Å²) in [6, 6.07) is 5.20. The number of aliphatic imine (C=N–C) groups is 1. The number of amides is 1. The maximum atomic E-state index is 11.5. The third-order valence-corrected chi connectivity index (χ3v) is 2.53. The molecule has 1 amide bonds. The number of halogens is 1. The summed E-state index contributed by atoms with van der Waals surface area (Å²) < 4.78 is 5.19. The second kappa shape index (κ2) is 4.59. The van der Waals surface area contributed by atoms with Gasteiger partial charge in [0.2, 0.25) is 0 Å². The van der Waals surface area contributed by atoms with Gasteiger partial charge in [-0.1, -0.05) is 11.6 Å². The lowest BCUT2D eigenvalue weighted by Gasteiger charge is -2.05. The molecule has 0 radical (unpaired) electrons. The summed E-state index contributed by atoms with van der Waals surface area (Å²) in [5, 5.41) is 3.19. The molecule has 0 aromatic heterocycles. The van der Waals surface area contributed by atoms with E-state index < -0.39 is 0 Å². The van der Waals surface area contributed by atoms with Gasteiger partial charge in [-0.2, -0.15) is 0 Å². The maximum Gasteiger partial charge on any atom is 0.275 e. The van der Waals surface area contributed by atoms with Crippen LogP contribution in [0.1, 0.15) is 12.5 Å². The molecule has 1 aromatic rings. The summed E-state index contributed by atoms with van der Waals surface area (Å²) in [7, 11) is 1.56. The first kappa shape index (κ1) is 11.7. The van der Waals surface area contributed by atoms with Crippen molar-refractivity contribution < 1.29 is 9.53 Å². The van der Waals surface area contributed by atoms with E-state index in [1.807, 2.05) is 0 Å². The zero-order valence-electron chi connectivity index (χ0n) is 9.45. The predicted octanol–water partition coefficient (Wildman–Crippen LogP) is 2.24. The van der Waals surface area contributed by atoms with E-state index in [1.54, 1.807) is 38.3 Å². The fraction of sp³-hybridized carbons (Fsp3) is 0.167. The molecule has 1 aliphatic rings. The van der Waals surface area contributed by atoms with E-state index in [2.05, 4.69) is 10.3 Å². The molecule has 1 heterocycles. The SMILES string of the molecule is COc1ccc(Cl)cc1/C=C1/N=C(C)NC1=O. The van der Waals surface area contributed by atoms with Gasteiger partial charge in [0, 0.05) is 10.6 Å². The normalized spacial score (nSPS) is 17.0. The molecule has 1 aliphatic heterocycles. The highest BCUT2D eigenvalue weighted by Crippen LogP contribution is 2.25. The van der Waals surface area contributed by atoms with Gasteiger partial charge >= 0.3 is 0 Å². The van der Waals surface area contributed by atoms with Gasteiger partial charge in [-0.05, 0) is 31.2 Å². The number of methoxy groups -OCH3 is 1. The van der Waals surface area contributed by atoms with Crippen molar-refractivity contribution in [3.8, 4) is 5.75 Å². The van der Waals surface area contributed by atoms with E-state index in [4.69, 9.17) is 16.3 Å². The van der Waals surface area contributed by atoms with Crippen molar-refractivity contribution in [1.82, 2.24) is 5.32 Å². The first-order valence-corrected chi connectivity index (χ1v) is 5.40. The number of hydrogen-bond acceptors (Lipinski definition) is 3.